The first-order valence-electron chi connectivity index (χ1n) is 9.96. The third-order valence-electron chi connectivity index (χ3n) is 4.93. The lowest BCUT2D eigenvalue weighted by Gasteiger charge is -2.29. The number of nitrogens with two attached hydrogens (primary N) is 1. The lowest BCUT2D eigenvalue weighted by atomic mass is 9.92. The molecule has 0 spiro atoms. The Labute approximate surface area is 186 Å². The number of carbonyl (C=O) groups excluding carboxylic acids is 1. The molecule has 30 heavy (non-hydrogen) atoms. The van der Waals surface area contributed by atoms with Gasteiger partial charge in [0, 0.05) is 17.6 Å². The second kappa shape index (κ2) is 9.64. The molecule has 10 heteroatoms. The zero-order valence-corrected chi connectivity index (χ0v) is 19.4. The second-order valence-electron chi connectivity index (χ2n) is 8.03. The second-order valence-corrected chi connectivity index (χ2v) is 11.2. The van der Waals surface area contributed by atoms with Gasteiger partial charge in [-0.15, -0.1) is 0 Å². The molecule has 2 aromatic rings. The molecule has 3 rings (SSSR count). The molecular weight excluding hydrogens is 444 g/mol. The first-order chi connectivity index (χ1) is 14.1. The lowest BCUT2D eigenvalue weighted by molar-refractivity contribution is 0.104. The fourth-order valence-electron chi connectivity index (χ4n) is 3.60. The minimum Gasteiger partial charge on any atom is -0.382 e. The van der Waals surface area contributed by atoms with Gasteiger partial charge in [0.25, 0.3) is 0 Å². The van der Waals surface area contributed by atoms with Gasteiger partial charge in [-0.05, 0) is 43.7 Å². The van der Waals surface area contributed by atoms with Crippen molar-refractivity contribution in [3.8, 4) is 0 Å². The number of hydrogen-bond donors (Lipinski definition) is 3. The third kappa shape index (κ3) is 5.94. The minimum absolute atomic E-state index is 0.0366. The summed E-state index contributed by atoms with van der Waals surface area (Å²) in [5.74, 6) is 0.180. The Morgan fingerprint density at radius 1 is 1.23 bits per heavy atom. The molecule has 1 saturated carbocycles. The molecule has 0 unspecified atom stereocenters. The number of ketones is 1. The van der Waals surface area contributed by atoms with E-state index in [9.17, 15) is 13.2 Å². The maximum Gasteiger partial charge on any atom is 0.212 e. The fraction of sp³-hybridized carbons (Fsp3) is 0.500. The number of nitrogens with one attached hydrogen (secondary N) is 2. The SMILES string of the molecule is CC(C)CS(=O)(=O)N[C@H]1CC[C@H](Nc2nc(N)c(C(=O)c3ccccc3Cl)s2)CC1. The summed E-state index contributed by atoms with van der Waals surface area (Å²) in [7, 11) is -3.24. The Hall–Kier alpha value is -1.68. The van der Waals surface area contributed by atoms with Crippen molar-refractivity contribution in [1.29, 1.82) is 0 Å². The van der Waals surface area contributed by atoms with Gasteiger partial charge in [0.2, 0.25) is 15.8 Å². The van der Waals surface area contributed by atoms with E-state index in [2.05, 4.69) is 15.0 Å². The van der Waals surface area contributed by atoms with Gasteiger partial charge in [0.15, 0.2) is 5.13 Å². The number of thiazole rings is 1. The summed E-state index contributed by atoms with van der Waals surface area (Å²) in [6.45, 7) is 3.79. The van der Waals surface area contributed by atoms with Crippen LogP contribution < -0.4 is 15.8 Å². The van der Waals surface area contributed by atoms with Gasteiger partial charge >= 0.3 is 0 Å². The molecule has 1 aliphatic carbocycles. The number of halogens is 1. The molecule has 1 aliphatic rings. The van der Waals surface area contributed by atoms with Gasteiger partial charge in [0.1, 0.15) is 10.7 Å². The zero-order chi connectivity index (χ0) is 21.9. The Kier molecular flexibility index (Phi) is 7.38. The van der Waals surface area contributed by atoms with Crippen molar-refractivity contribution in [3.63, 3.8) is 0 Å². The number of benzene rings is 1. The molecule has 1 heterocycles. The predicted octanol–water partition coefficient (Wildman–Crippen LogP) is 3.91. The molecule has 0 radical (unpaired) electrons. The fourth-order valence-corrected chi connectivity index (χ4v) is 6.45. The molecule has 7 nitrogen and oxygen atoms in total. The van der Waals surface area contributed by atoms with E-state index < -0.39 is 10.0 Å². The molecule has 4 N–H and O–H groups in total. The molecule has 1 fully saturated rings. The third-order valence-corrected chi connectivity index (χ3v) is 8.06. The number of aromatic nitrogens is 1. The van der Waals surface area contributed by atoms with E-state index in [1.54, 1.807) is 24.3 Å². The van der Waals surface area contributed by atoms with Crippen molar-refractivity contribution >= 4 is 49.7 Å². The van der Waals surface area contributed by atoms with Gasteiger partial charge < -0.3 is 11.1 Å². The van der Waals surface area contributed by atoms with E-state index in [1.807, 2.05) is 13.8 Å². The van der Waals surface area contributed by atoms with Gasteiger partial charge in [0.05, 0.1) is 10.8 Å². The lowest BCUT2D eigenvalue weighted by Crippen LogP contribution is -2.41. The molecule has 164 valence electrons. The Morgan fingerprint density at radius 2 is 1.87 bits per heavy atom. The van der Waals surface area contributed by atoms with Crippen LogP contribution in [0.4, 0.5) is 10.9 Å². The van der Waals surface area contributed by atoms with Crippen LogP contribution in [0.15, 0.2) is 24.3 Å². The molecule has 1 aromatic carbocycles. The average molecular weight is 471 g/mol. The molecular formula is C20H27ClN4O3S2. The average Bonchev–Trinajstić information content (AvgIpc) is 3.02. The van der Waals surface area contributed by atoms with E-state index in [1.165, 1.54) is 11.3 Å². The van der Waals surface area contributed by atoms with Crippen molar-refractivity contribution in [3.05, 3.63) is 39.7 Å². The quantitative estimate of drug-likeness (QED) is 0.504. The molecule has 0 saturated heterocycles. The zero-order valence-electron chi connectivity index (χ0n) is 17.0. The normalized spacial score (nSPS) is 19.7. The van der Waals surface area contributed by atoms with Gasteiger partial charge in [-0.2, -0.15) is 0 Å². The largest absolute Gasteiger partial charge is 0.382 e. The Bertz CT molecular complexity index is 999. The van der Waals surface area contributed by atoms with Crippen LogP contribution in [0.2, 0.25) is 5.02 Å². The van der Waals surface area contributed by atoms with Crippen LogP contribution in [-0.4, -0.2) is 37.0 Å². The van der Waals surface area contributed by atoms with Crippen LogP contribution in [0.25, 0.3) is 0 Å². The monoisotopic (exact) mass is 470 g/mol. The first kappa shape index (κ1) is 23.0. The Morgan fingerprint density at radius 3 is 2.50 bits per heavy atom. The van der Waals surface area contributed by atoms with Crippen molar-refractivity contribution in [2.75, 3.05) is 16.8 Å². The number of nitrogen functional groups attached to an aromatic ring is 1. The van der Waals surface area contributed by atoms with Gasteiger partial charge in [-0.3, -0.25) is 4.79 Å². The summed E-state index contributed by atoms with van der Waals surface area (Å²) in [5.41, 5.74) is 6.38. The summed E-state index contributed by atoms with van der Waals surface area (Å²) in [5, 5.41) is 4.31. The minimum atomic E-state index is -3.24. The topological polar surface area (TPSA) is 114 Å². The number of anilines is 2. The van der Waals surface area contributed by atoms with E-state index in [0.717, 1.165) is 25.7 Å². The molecule has 1 aromatic heterocycles. The van der Waals surface area contributed by atoms with Crippen LogP contribution in [0.1, 0.15) is 54.8 Å². The number of hydrogen-bond acceptors (Lipinski definition) is 7. The highest BCUT2D eigenvalue weighted by atomic mass is 35.5. The summed E-state index contributed by atoms with van der Waals surface area (Å²) in [6.07, 6.45) is 3.12. The standard InChI is InChI=1S/C20H27ClN4O3S2/c1-12(2)11-30(27,28)25-14-9-7-13(8-10-14)23-20-24-19(22)18(29-20)17(26)15-5-3-4-6-16(15)21/h3-6,12-14,25H,7-11,22H2,1-2H3,(H,23,24)/t13-,14-. The highest BCUT2D eigenvalue weighted by molar-refractivity contribution is 7.89. The van der Waals surface area contributed by atoms with Crippen LogP contribution in [0.5, 0.6) is 0 Å². The van der Waals surface area contributed by atoms with E-state index in [0.29, 0.717) is 20.6 Å². The van der Waals surface area contributed by atoms with E-state index >= 15 is 0 Å². The molecule has 0 bridgehead atoms. The van der Waals surface area contributed by atoms with Crippen molar-refractivity contribution in [1.82, 2.24) is 9.71 Å². The number of rotatable bonds is 8. The van der Waals surface area contributed by atoms with Gasteiger partial charge in [-0.25, -0.2) is 18.1 Å². The van der Waals surface area contributed by atoms with Crippen molar-refractivity contribution in [2.45, 2.75) is 51.6 Å². The predicted molar refractivity (Wildman–Crippen MR) is 123 cm³/mol. The van der Waals surface area contributed by atoms with Crippen molar-refractivity contribution < 1.29 is 13.2 Å². The van der Waals surface area contributed by atoms with Crippen LogP contribution >= 0.6 is 22.9 Å². The summed E-state index contributed by atoms with van der Waals surface area (Å²) in [6, 6.07) is 6.97. The molecule has 0 amide bonds. The number of nitrogens with zero attached hydrogens (tertiary/aromatic N) is 1. The van der Waals surface area contributed by atoms with Crippen LogP contribution in [0, 0.1) is 5.92 Å². The maximum atomic E-state index is 12.8. The number of sulfonamides is 1. The van der Waals surface area contributed by atoms with E-state index in [-0.39, 0.29) is 35.4 Å². The van der Waals surface area contributed by atoms with Gasteiger partial charge in [-0.1, -0.05) is 48.9 Å². The summed E-state index contributed by atoms with van der Waals surface area (Å²) < 4.78 is 27.1. The van der Waals surface area contributed by atoms with Crippen LogP contribution in [-0.2, 0) is 10.0 Å². The van der Waals surface area contributed by atoms with Crippen LogP contribution in [0.3, 0.4) is 0 Å². The molecule has 0 aliphatic heterocycles. The summed E-state index contributed by atoms with van der Waals surface area (Å²) in [4.78, 5) is 17.4. The summed E-state index contributed by atoms with van der Waals surface area (Å²) >= 11 is 7.34. The maximum absolute atomic E-state index is 12.8. The highest BCUT2D eigenvalue weighted by Gasteiger charge is 2.26. The Balaban J connectivity index is 1.58. The molecule has 0 atom stereocenters. The van der Waals surface area contributed by atoms with Crippen molar-refractivity contribution in [2.24, 2.45) is 5.92 Å². The van der Waals surface area contributed by atoms with E-state index in [4.69, 9.17) is 17.3 Å². The first-order valence-corrected chi connectivity index (χ1v) is 12.8. The smallest absolute Gasteiger partial charge is 0.212 e. The number of carbonyl (C=O) groups is 1. The highest BCUT2D eigenvalue weighted by Crippen LogP contribution is 2.31.